The van der Waals surface area contributed by atoms with E-state index in [4.69, 9.17) is 4.74 Å². The summed E-state index contributed by atoms with van der Waals surface area (Å²) in [5.74, 6) is 1.52. The van der Waals surface area contributed by atoms with Gasteiger partial charge in [-0.2, -0.15) is 0 Å². The second-order valence-corrected chi connectivity index (χ2v) is 7.90. The van der Waals surface area contributed by atoms with Gasteiger partial charge in [-0.15, -0.1) is 0 Å². The van der Waals surface area contributed by atoms with Gasteiger partial charge in [-0.05, 0) is 73.5 Å². The standard InChI is InChI=1S/C24H29N3O2/c1-3-29-22-11-6-18-13-19(24(28)26-23(18)14-22)15-25-20-7-9-21(10-8-20)27-12-4-5-17(2)16-27/h6-11,13-14,17,25H,3-5,12,15-16H2,1-2H3,(H,26,28)/t17-/m1/s1. The molecule has 2 aromatic carbocycles. The van der Waals surface area contributed by atoms with Crippen LogP contribution in [0, 0.1) is 5.92 Å². The molecule has 5 nitrogen and oxygen atoms in total. The van der Waals surface area contributed by atoms with Crippen molar-refractivity contribution >= 4 is 22.3 Å². The molecule has 0 spiro atoms. The van der Waals surface area contributed by atoms with E-state index in [1.54, 1.807) is 0 Å². The van der Waals surface area contributed by atoms with Crippen molar-refractivity contribution in [3.05, 3.63) is 64.4 Å². The van der Waals surface area contributed by atoms with Gasteiger partial charge in [0.2, 0.25) is 0 Å². The molecule has 1 atom stereocenters. The number of nitrogens with one attached hydrogen (secondary N) is 2. The van der Waals surface area contributed by atoms with Crippen LogP contribution in [0.4, 0.5) is 11.4 Å². The van der Waals surface area contributed by atoms with E-state index in [0.29, 0.717) is 13.2 Å². The van der Waals surface area contributed by atoms with Gasteiger partial charge < -0.3 is 19.9 Å². The number of aromatic nitrogens is 1. The molecule has 2 N–H and O–H groups in total. The van der Waals surface area contributed by atoms with Gasteiger partial charge in [0.15, 0.2) is 0 Å². The Hall–Kier alpha value is -2.95. The summed E-state index contributed by atoms with van der Waals surface area (Å²) in [6.45, 7) is 7.62. The Morgan fingerprint density at radius 2 is 2.00 bits per heavy atom. The zero-order valence-corrected chi connectivity index (χ0v) is 17.2. The summed E-state index contributed by atoms with van der Waals surface area (Å²) < 4.78 is 5.51. The van der Waals surface area contributed by atoms with Crippen molar-refractivity contribution in [2.75, 3.05) is 29.9 Å². The van der Waals surface area contributed by atoms with Crippen LogP contribution in [0.2, 0.25) is 0 Å². The minimum absolute atomic E-state index is 0.0717. The van der Waals surface area contributed by atoms with Gasteiger partial charge in [0.05, 0.1) is 12.1 Å². The number of anilines is 2. The quantitative estimate of drug-likeness (QED) is 0.635. The first kappa shape index (κ1) is 19.4. The number of aromatic amines is 1. The Balaban J connectivity index is 1.44. The predicted octanol–water partition coefficient (Wildman–Crippen LogP) is 4.78. The SMILES string of the molecule is CCOc1ccc2cc(CNc3ccc(N4CCC[C@@H](C)C4)cc3)c(=O)[nH]c2c1. The number of benzene rings is 2. The molecule has 1 aliphatic heterocycles. The molecule has 1 aromatic heterocycles. The first-order valence-corrected chi connectivity index (χ1v) is 10.5. The molecule has 1 aliphatic rings. The highest BCUT2D eigenvalue weighted by Gasteiger charge is 2.16. The molecule has 4 rings (SSSR count). The van der Waals surface area contributed by atoms with Crippen molar-refractivity contribution in [3.63, 3.8) is 0 Å². The van der Waals surface area contributed by atoms with Crippen LogP contribution in [0.3, 0.4) is 0 Å². The van der Waals surface area contributed by atoms with Gasteiger partial charge in [-0.3, -0.25) is 4.79 Å². The van der Waals surface area contributed by atoms with Gasteiger partial charge in [-0.1, -0.05) is 6.92 Å². The van der Waals surface area contributed by atoms with Crippen molar-refractivity contribution in [2.45, 2.75) is 33.2 Å². The van der Waals surface area contributed by atoms with Gasteiger partial charge in [0.1, 0.15) is 5.75 Å². The maximum atomic E-state index is 12.5. The molecule has 0 bridgehead atoms. The van der Waals surface area contributed by atoms with E-state index in [-0.39, 0.29) is 5.56 Å². The molecule has 3 aromatic rings. The van der Waals surface area contributed by atoms with Crippen molar-refractivity contribution in [3.8, 4) is 5.75 Å². The fourth-order valence-corrected chi connectivity index (χ4v) is 4.02. The number of piperidine rings is 1. The molecule has 1 saturated heterocycles. The summed E-state index contributed by atoms with van der Waals surface area (Å²) in [6.07, 6.45) is 2.58. The third-order valence-electron chi connectivity index (χ3n) is 5.58. The minimum Gasteiger partial charge on any atom is -0.494 e. The molecular weight excluding hydrogens is 362 g/mol. The molecule has 0 unspecified atom stereocenters. The van der Waals surface area contributed by atoms with Gasteiger partial charge in [0.25, 0.3) is 5.56 Å². The Bertz CT molecular complexity index is 1030. The van der Waals surface area contributed by atoms with Crippen LogP contribution in [0.15, 0.2) is 53.3 Å². The van der Waals surface area contributed by atoms with Crippen LogP contribution in [0.1, 0.15) is 32.3 Å². The summed E-state index contributed by atoms with van der Waals surface area (Å²) >= 11 is 0. The molecule has 0 amide bonds. The van der Waals surface area contributed by atoms with E-state index in [1.165, 1.54) is 18.5 Å². The number of hydrogen-bond donors (Lipinski definition) is 2. The van der Waals surface area contributed by atoms with E-state index in [0.717, 1.165) is 46.9 Å². The van der Waals surface area contributed by atoms with Crippen LogP contribution < -0.4 is 20.5 Å². The van der Waals surface area contributed by atoms with Crippen molar-refractivity contribution < 1.29 is 4.74 Å². The number of hydrogen-bond acceptors (Lipinski definition) is 4. The van der Waals surface area contributed by atoms with Gasteiger partial charge in [0, 0.05) is 42.6 Å². The maximum absolute atomic E-state index is 12.5. The van der Waals surface area contributed by atoms with Gasteiger partial charge in [-0.25, -0.2) is 0 Å². The average Bonchev–Trinajstić information content (AvgIpc) is 2.73. The lowest BCUT2D eigenvalue weighted by atomic mass is 10.00. The summed E-state index contributed by atoms with van der Waals surface area (Å²) in [4.78, 5) is 17.9. The Morgan fingerprint density at radius 1 is 1.17 bits per heavy atom. The lowest BCUT2D eigenvalue weighted by Crippen LogP contribution is -2.34. The Kier molecular flexibility index (Phi) is 5.74. The lowest BCUT2D eigenvalue weighted by Gasteiger charge is -2.32. The highest BCUT2D eigenvalue weighted by molar-refractivity contribution is 5.80. The van der Waals surface area contributed by atoms with Crippen molar-refractivity contribution in [1.29, 1.82) is 0 Å². The predicted molar refractivity (Wildman–Crippen MR) is 120 cm³/mol. The third-order valence-corrected chi connectivity index (χ3v) is 5.58. The third kappa shape index (κ3) is 4.56. The number of ether oxygens (including phenoxy) is 1. The Labute approximate surface area is 171 Å². The summed E-state index contributed by atoms with van der Waals surface area (Å²) in [5.41, 5.74) is 3.73. The minimum atomic E-state index is -0.0717. The van der Waals surface area contributed by atoms with E-state index >= 15 is 0 Å². The first-order valence-electron chi connectivity index (χ1n) is 10.5. The van der Waals surface area contributed by atoms with Crippen molar-refractivity contribution in [1.82, 2.24) is 4.98 Å². The fourth-order valence-electron chi connectivity index (χ4n) is 4.02. The van der Waals surface area contributed by atoms with Crippen LogP contribution in [-0.2, 0) is 6.54 Å². The Morgan fingerprint density at radius 3 is 2.76 bits per heavy atom. The number of H-pyrrole nitrogens is 1. The van der Waals surface area contributed by atoms with Crippen LogP contribution in [0.25, 0.3) is 10.9 Å². The highest BCUT2D eigenvalue weighted by atomic mass is 16.5. The molecule has 0 saturated carbocycles. The number of rotatable bonds is 6. The van der Waals surface area contributed by atoms with E-state index in [2.05, 4.69) is 46.4 Å². The second-order valence-electron chi connectivity index (χ2n) is 7.90. The molecule has 152 valence electrons. The largest absolute Gasteiger partial charge is 0.494 e. The first-order chi connectivity index (χ1) is 14.1. The smallest absolute Gasteiger partial charge is 0.253 e. The zero-order valence-electron chi connectivity index (χ0n) is 17.2. The van der Waals surface area contributed by atoms with E-state index < -0.39 is 0 Å². The molecule has 0 radical (unpaired) electrons. The molecule has 5 heteroatoms. The topological polar surface area (TPSA) is 57.4 Å². The summed E-state index contributed by atoms with van der Waals surface area (Å²) in [6, 6.07) is 16.3. The number of fused-ring (bicyclic) bond motifs is 1. The number of nitrogens with zero attached hydrogens (tertiary/aromatic N) is 1. The average molecular weight is 392 g/mol. The molecule has 1 fully saturated rings. The van der Waals surface area contributed by atoms with Crippen molar-refractivity contribution in [2.24, 2.45) is 5.92 Å². The molecule has 29 heavy (non-hydrogen) atoms. The van der Waals surface area contributed by atoms with Crippen LogP contribution >= 0.6 is 0 Å². The van der Waals surface area contributed by atoms with Crippen LogP contribution in [-0.4, -0.2) is 24.7 Å². The van der Waals surface area contributed by atoms with Crippen LogP contribution in [0.5, 0.6) is 5.75 Å². The van der Waals surface area contributed by atoms with E-state index in [9.17, 15) is 4.79 Å². The second kappa shape index (κ2) is 8.60. The normalized spacial score (nSPS) is 16.8. The molecule has 2 heterocycles. The highest BCUT2D eigenvalue weighted by Crippen LogP contribution is 2.24. The molecular formula is C24H29N3O2. The summed E-state index contributed by atoms with van der Waals surface area (Å²) in [7, 11) is 0. The fraction of sp³-hybridized carbons (Fsp3) is 0.375. The maximum Gasteiger partial charge on any atom is 0.253 e. The van der Waals surface area contributed by atoms with Gasteiger partial charge >= 0.3 is 0 Å². The molecule has 0 aliphatic carbocycles. The zero-order chi connectivity index (χ0) is 20.2. The van der Waals surface area contributed by atoms with E-state index in [1.807, 2.05) is 31.2 Å². The monoisotopic (exact) mass is 391 g/mol. The lowest BCUT2D eigenvalue weighted by molar-refractivity contribution is 0.340. The number of pyridine rings is 1. The summed E-state index contributed by atoms with van der Waals surface area (Å²) in [5, 5.41) is 4.37.